The van der Waals surface area contributed by atoms with Crippen LogP contribution in [0, 0.1) is 23.7 Å². The molecule has 0 bridgehead atoms. The summed E-state index contributed by atoms with van der Waals surface area (Å²) in [5.74, 6) is 2.99. The number of nitrogens with zero attached hydrogens (tertiary/aromatic N) is 1. The van der Waals surface area contributed by atoms with Crippen molar-refractivity contribution in [2.45, 2.75) is 19.3 Å². The number of anilines is 1. The first-order valence-corrected chi connectivity index (χ1v) is 8.87. The number of likely N-dealkylation sites (tertiary alicyclic amines) is 1. The molecule has 2 aliphatic carbocycles. The van der Waals surface area contributed by atoms with Crippen molar-refractivity contribution in [3.05, 3.63) is 48.6 Å². The van der Waals surface area contributed by atoms with Gasteiger partial charge >= 0.3 is 6.03 Å². The standard InChI is InChI=1S/C20H24N2O2/c23-19-8-6-18(7-9-19)21-20(24)22-12-16-10-15(11-17(16)13-22)14-4-2-1-3-5-14/h1-4,6-9,14-17,23H,5,10-13H2,(H,21,24)/t14?,15?,16-,17+. The number of hydrogen-bond donors (Lipinski definition) is 2. The fraction of sp³-hybridized carbons (Fsp3) is 0.450. The van der Waals surface area contributed by atoms with Gasteiger partial charge in [0.25, 0.3) is 0 Å². The van der Waals surface area contributed by atoms with Gasteiger partial charge < -0.3 is 15.3 Å². The van der Waals surface area contributed by atoms with Gasteiger partial charge in [0, 0.05) is 18.8 Å². The Morgan fingerprint density at radius 2 is 1.75 bits per heavy atom. The minimum absolute atomic E-state index is 0.0212. The second-order valence-electron chi connectivity index (χ2n) is 7.35. The predicted octanol–water partition coefficient (Wildman–Crippen LogP) is 4.01. The van der Waals surface area contributed by atoms with E-state index in [-0.39, 0.29) is 11.8 Å². The lowest BCUT2D eigenvalue weighted by atomic mass is 9.85. The van der Waals surface area contributed by atoms with Crippen molar-refractivity contribution in [2.24, 2.45) is 23.7 Å². The Balaban J connectivity index is 1.32. The van der Waals surface area contributed by atoms with E-state index in [1.165, 1.54) is 19.3 Å². The Kier molecular flexibility index (Phi) is 4.05. The Bertz CT molecular complexity index is 651. The molecule has 126 valence electrons. The van der Waals surface area contributed by atoms with E-state index in [4.69, 9.17) is 0 Å². The summed E-state index contributed by atoms with van der Waals surface area (Å²) in [7, 11) is 0. The van der Waals surface area contributed by atoms with Gasteiger partial charge in [-0.15, -0.1) is 0 Å². The molecule has 2 amide bonds. The van der Waals surface area contributed by atoms with Crippen molar-refractivity contribution in [1.29, 1.82) is 0 Å². The topological polar surface area (TPSA) is 52.6 Å². The monoisotopic (exact) mass is 324 g/mol. The third-order valence-corrected chi connectivity index (χ3v) is 5.81. The molecule has 4 nitrogen and oxygen atoms in total. The maximum Gasteiger partial charge on any atom is 0.321 e. The fourth-order valence-corrected chi connectivity index (χ4v) is 4.56. The molecular formula is C20H24N2O2. The van der Waals surface area contributed by atoms with Gasteiger partial charge in [0.1, 0.15) is 5.75 Å². The summed E-state index contributed by atoms with van der Waals surface area (Å²) in [6.45, 7) is 1.74. The minimum atomic E-state index is -0.0212. The van der Waals surface area contributed by atoms with Crippen LogP contribution in [0.3, 0.4) is 0 Å². The van der Waals surface area contributed by atoms with E-state index in [1.807, 2.05) is 4.90 Å². The first kappa shape index (κ1) is 15.3. The molecule has 2 fully saturated rings. The van der Waals surface area contributed by atoms with E-state index in [9.17, 15) is 9.90 Å². The van der Waals surface area contributed by atoms with E-state index in [0.717, 1.165) is 24.7 Å². The van der Waals surface area contributed by atoms with Crippen molar-refractivity contribution >= 4 is 11.7 Å². The number of carbonyl (C=O) groups excluding carboxylic acids is 1. The van der Waals surface area contributed by atoms with Crippen LogP contribution in [0.25, 0.3) is 0 Å². The number of aromatic hydroxyl groups is 1. The highest BCUT2D eigenvalue weighted by Gasteiger charge is 2.43. The number of urea groups is 1. The van der Waals surface area contributed by atoms with Gasteiger partial charge in [-0.25, -0.2) is 4.79 Å². The van der Waals surface area contributed by atoms with Gasteiger partial charge in [0.2, 0.25) is 0 Å². The lowest BCUT2D eigenvalue weighted by Crippen LogP contribution is -2.34. The first-order valence-electron chi connectivity index (χ1n) is 8.87. The molecule has 1 saturated heterocycles. The molecule has 2 N–H and O–H groups in total. The SMILES string of the molecule is O=C(Nc1ccc(O)cc1)N1C[C@H]2CC(C3C=CC=CC3)C[C@H]2C1. The van der Waals surface area contributed by atoms with E-state index >= 15 is 0 Å². The zero-order valence-electron chi connectivity index (χ0n) is 13.8. The van der Waals surface area contributed by atoms with Crippen molar-refractivity contribution in [3.8, 4) is 5.75 Å². The molecule has 1 saturated carbocycles. The molecule has 0 radical (unpaired) electrons. The highest BCUT2D eigenvalue weighted by Crippen LogP contribution is 2.46. The second-order valence-corrected chi connectivity index (χ2v) is 7.35. The molecule has 4 atom stereocenters. The van der Waals surface area contributed by atoms with Gasteiger partial charge in [-0.2, -0.15) is 0 Å². The summed E-state index contributed by atoms with van der Waals surface area (Å²) >= 11 is 0. The number of benzene rings is 1. The van der Waals surface area contributed by atoms with Gasteiger partial charge in [-0.05, 0) is 67.2 Å². The maximum atomic E-state index is 12.4. The third-order valence-electron chi connectivity index (χ3n) is 5.81. The summed E-state index contributed by atoms with van der Waals surface area (Å²) in [5.41, 5.74) is 0.729. The number of allylic oxidation sites excluding steroid dienone is 4. The Morgan fingerprint density at radius 1 is 1.04 bits per heavy atom. The number of phenolic OH excluding ortho intramolecular Hbond substituents is 1. The van der Waals surface area contributed by atoms with Gasteiger partial charge in [0.15, 0.2) is 0 Å². The van der Waals surface area contributed by atoms with Crippen LogP contribution in [0.2, 0.25) is 0 Å². The van der Waals surface area contributed by atoms with Crippen molar-refractivity contribution in [1.82, 2.24) is 4.90 Å². The van der Waals surface area contributed by atoms with E-state index < -0.39 is 0 Å². The molecule has 2 unspecified atom stereocenters. The molecule has 3 aliphatic rings. The molecule has 4 rings (SSSR count). The van der Waals surface area contributed by atoms with Gasteiger partial charge in [-0.1, -0.05) is 24.3 Å². The molecule has 1 heterocycles. The van der Waals surface area contributed by atoms with Crippen LogP contribution in [0.4, 0.5) is 10.5 Å². The number of nitrogens with one attached hydrogen (secondary N) is 1. The van der Waals surface area contributed by atoms with Gasteiger partial charge in [0.05, 0.1) is 0 Å². The third kappa shape index (κ3) is 3.05. The van der Waals surface area contributed by atoms with Crippen LogP contribution in [-0.4, -0.2) is 29.1 Å². The van der Waals surface area contributed by atoms with Gasteiger partial charge in [-0.3, -0.25) is 0 Å². The number of hydrogen-bond acceptors (Lipinski definition) is 2. The summed E-state index contributed by atoms with van der Waals surface area (Å²) < 4.78 is 0. The highest BCUT2D eigenvalue weighted by atomic mass is 16.3. The number of phenols is 1. The Morgan fingerprint density at radius 3 is 2.38 bits per heavy atom. The number of amides is 2. The summed E-state index contributed by atoms with van der Waals surface area (Å²) in [5, 5.41) is 12.2. The smallest absolute Gasteiger partial charge is 0.321 e. The molecule has 4 heteroatoms. The number of carbonyl (C=O) groups is 1. The van der Waals surface area contributed by atoms with Crippen LogP contribution in [0.5, 0.6) is 5.75 Å². The highest BCUT2D eigenvalue weighted by molar-refractivity contribution is 5.89. The average Bonchev–Trinajstić information content (AvgIpc) is 3.17. The zero-order valence-corrected chi connectivity index (χ0v) is 13.8. The van der Waals surface area contributed by atoms with E-state index in [2.05, 4.69) is 29.6 Å². The number of fused-ring (bicyclic) bond motifs is 1. The molecule has 1 aromatic carbocycles. The zero-order chi connectivity index (χ0) is 16.5. The average molecular weight is 324 g/mol. The molecule has 1 aromatic rings. The normalized spacial score (nSPS) is 31.2. The quantitative estimate of drug-likeness (QED) is 0.808. The molecule has 1 aliphatic heterocycles. The maximum absolute atomic E-state index is 12.4. The van der Waals surface area contributed by atoms with Crippen LogP contribution < -0.4 is 5.32 Å². The van der Waals surface area contributed by atoms with Crippen LogP contribution in [0.15, 0.2) is 48.6 Å². The second kappa shape index (κ2) is 6.34. The lowest BCUT2D eigenvalue weighted by Gasteiger charge is -2.24. The molecular weight excluding hydrogens is 300 g/mol. The largest absolute Gasteiger partial charge is 0.508 e. The summed E-state index contributed by atoms with van der Waals surface area (Å²) in [6.07, 6.45) is 12.6. The Hall–Kier alpha value is -2.23. The van der Waals surface area contributed by atoms with Crippen LogP contribution >= 0.6 is 0 Å². The summed E-state index contributed by atoms with van der Waals surface area (Å²) in [6, 6.07) is 6.61. The van der Waals surface area contributed by atoms with Crippen LogP contribution in [0.1, 0.15) is 19.3 Å². The minimum Gasteiger partial charge on any atom is -0.508 e. The number of rotatable bonds is 2. The summed E-state index contributed by atoms with van der Waals surface area (Å²) in [4.78, 5) is 14.4. The Labute approximate surface area is 142 Å². The first-order chi connectivity index (χ1) is 11.7. The molecule has 0 spiro atoms. The molecule has 0 aromatic heterocycles. The van der Waals surface area contributed by atoms with Crippen molar-refractivity contribution in [3.63, 3.8) is 0 Å². The van der Waals surface area contributed by atoms with Crippen molar-refractivity contribution in [2.75, 3.05) is 18.4 Å². The fourth-order valence-electron chi connectivity index (χ4n) is 4.56. The van der Waals surface area contributed by atoms with E-state index in [1.54, 1.807) is 24.3 Å². The van der Waals surface area contributed by atoms with Crippen LogP contribution in [-0.2, 0) is 0 Å². The van der Waals surface area contributed by atoms with Crippen molar-refractivity contribution < 1.29 is 9.90 Å². The lowest BCUT2D eigenvalue weighted by molar-refractivity contribution is 0.216. The molecule has 24 heavy (non-hydrogen) atoms. The predicted molar refractivity (Wildman–Crippen MR) is 94.8 cm³/mol. The van der Waals surface area contributed by atoms with E-state index in [0.29, 0.717) is 17.8 Å².